The molecule has 0 aliphatic carbocycles. The standard InChI is InChI=1S/C17H19ClN2O/c1-12-2-4-13(5-3-12)14-10-16(18)19-17(11-14)20-8-6-15(21)7-9-20/h2-5,10-11,15,21H,6-9H2,1H3. The summed E-state index contributed by atoms with van der Waals surface area (Å²) < 4.78 is 0. The van der Waals surface area contributed by atoms with Crippen molar-refractivity contribution in [3.05, 3.63) is 47.1 Å². The van der Waals surface area contributed by atoms with Crippen LogP contribution < -0.4 is 4.90 Å². The fraction of sp³-hybridized carbons (Fsp3) is 0.353. The number of piperidine rings is 1. The molecule has 1 N–H and O–H groups in total. The molecule has 1 aliphatic heterocycles. The molecule has 1 fully saturated rings. The van der Waals surface area contributed by atoms with Gasteiger partial charge in [-0.15, -0.1) is 0 Å². The van der Waals surface area contributed by atoms with Gasteiger partial charge < -0.3 is 10.0 Å². The summed E-state index contributed by atoms with van der Waals surface area (Å²) in [6.07, 6.45) is 1.39. The van der Waals surface area contributed by atoms with Gasteiger partial charge in [-0.25, -0.2) is 4.98 Å². The first-order chi connectivity index (χ1) is 10.1. The van der Waals surface area contributed by atoms with E-state index in [1.54, 1.807) is 0 Å². The Hall–Kier alpha value is -1.58. The number of aliphatic hydroxyl groups excluding tert-OH is 1. The molecule has 4 heteroatoms. The predicted molar refractivity (Wildman–Crippen MR) is 86.9 cm³/mol. The molecular weight excluding hydrogens is 284 g/mol. The van der Waals surface area contributed by atoms with Crippen molar-refractivity contribution in [2.45, 2.75) is 25.9 Å². The fourth-order valence-corrected chi connectivity index (χ4v) is 2.86. The molecule has 3 rings (SSSR count). The number of halogens is 1. The number of hydrogen-bond donors (Lipinski definition) is 1. The lowest BCUT2D eigenvalue weighted by molar-refractivity contribution is 0.145. The summed E-state index contributed by atoms with van der Waals surface area (Å²) in [6.45, 7) is 3.72. The lowest BCUT2D eigenvalue weighted by atomic mass is 10.0. The zero-order valence-electron chi connectivity index (χ0n) is 12.1. The van der Waals surface area contributed by atoms with Crippen LogP contribution in [0.3, 0.4) is 0 Å². The number of aliphatic hydroxyl groups is 1. The van der Waals surface area contributed by atoms with Crippen molar-refractivity contribution in [1.29, 1.82) is 0 Å². The lowest BCUT2D eigenvalue weighted by Crippen LogP contribution is -2.36. The van der Waals surface area contributed by atoms with Crippen molar-refractivity contribution in [2.75, 3.05) is 18.0 Å². The molecule has 0 saturated carbocycles. The number of aryl methyl sites for hydroxylation is 1. The van der Waals surface area contributed by atoms with E-state index in [0.717, 1.165) is 42.9 Å². The first-order valence-corrected chi connectivity index (χ1v) is 7.67. The Kier molecular flexibility index (Phi) is 4.13. The number of aromatic nitrogens is 1. The largest absolute Gasteiger partial charge is 0.393 e. The summed E-state index contributed by atoms with van der Waals surface area (Å²) >= 11 is 6.19. The third kappa shape index (κ3) is 3.36. The van der Waals surface area contributed by atoms with Gasteiger partial charge >= 0.3 is 0 Å². The van der Waals surface area contributed by atoms with Gasteiger partial charge in [-0.05, 0) is 43.0 Å². The Morgan fingerprint density at radius 3 is 2.43 bits per heavy atom. The van der Waals surface area contributed by atoms with Gasteiger partial charge in [-0.3, -0.25) is 0 Å². The van der Waals surface area contributed by atoms with Gasteiger partial charge in [0, 0.05) is 13.1 Å². The molecule has 2 aromatic rings. The summed E-state index contributed by atoms with van der Waals surface area (Å²) in [5.74, 6) is 0.893. The number of benzene rings is 1. The Labute approximate surface area is 130 Å². The highest BCUT2D eigenvalue weighted by Gasteiger charge is 2.19. The number of nitrogens with zero attached hydrogens (tertiary/aromatic N) is 2. The summed E-state index contributed by atoms with van der Waals surface area (Å²) in [6, 6.07) is 12.4. The third-order valence-corrected chi connectivity index (χ3v) is 4.15. The molecule has 0 unspecified atom stereocenters. The highest BCUT2D eigenvalue weighted by molar-refractivity contribution is 6.29. The zero-order chi connectivity index (χ0) is 14.8. The lowest BCUT2D eigenvalue weighted by Gasteiger charge is -2.30. The van der Waals surface area contributed by atoms with E-state index in [9.17, 15) is 5.11 Å². The van der Waals surface area contributed by atoms with E-state index in [1.807, 2.05) is 6.07 Å². The second kappa shape index (κ2) is 6.04. The molecule has 0 spiro atoms. The molecule has 110 valence electrons. The van der Waals surface area contributed by atoms with E-state index in [0.29, 0.717) is 5.15 Å². The van der Waals surface area contributed by atoms with Crippen molar-refractivity contribution < 1.29 is 5.11 Å². The van der Waals surface area contributed by atoms with Crippen LogP contribution in [0.2, 0.25) is 5.15 Å². The van der Waals surface area contributed by atoms with E-state index in [1.165, 1.54) is 5.56 Å². The molecule has 0 amide bonds. The van der Waals surface area contributed by atoms with Gasteiger partial charge in [0.2, 0.25) is 0 Å². The normalized spacial score (nSPS) is 16.2. The van der Waals surface area contributed by atoms with Crippen LogP contribution in [-0.4, -0.2) is 29.3 Å². The van der Waals surface area contributed by atoms with Crippen molar-refractivity contribution in [3.63, 3.8) is 0 Å². The van der Waals surface area contributed by atoms with Crippen LogP contribution in [0.25, 0.3) is 11.1 Å². The number of pyridine rings is 1. The van der Waals surface area contributed by atoms with Gasteiger partial charge in [-0.2, -0.15) is 0 Å². The molecule has 1 aliphatic rings. The molecule has 3 nitrogen and oxygen atoms in total. The van der Waals surface area contributed by atoms with Crippen molar-refractivity contribution in [2.24, 2.45) is 0 Å². The maximum Gasteiger partial charge on any atom is 0.132 e. The van der Waals surface area contributed by atoms with Crippen LogP contribution in [0.15, 0.2) is 36.4 Å². The smallest absolute Gasteiger partial charge is 0.132 e. The molecule has 0 radical (unpaired) electrons. The Morgan fingerprint density at radius 1 is 1.10 bits per heavy atom. The summed E-state index contributed by atoms with van der Waals surface area (Å²) in [4.78, 5) is 6.63. The summed E-state index contributed by atoms with van der Waals surface area (Å²) in [7, 11) is 0. The first kappa shape index (κ1) is 14.4. The highest BCUT2D eigenvalue weighted by atomic mass is 35.5. The topological polar surface area (TPSA) is 36.4 Å². The van der Waals surface area contributed by atoms with Gasteiger partial charge in [0.05, 0.1) is 6.10 Å². The minimum atomic E-state index is -0.183. The van der Waals surface area contributed by atoms with Crippen LogP contribution in [0, 0.1) is 6.92 Å². The fourth-order valence-electron chi connectivity index (χ4n) is 2.65. The molecule has 0 bridgehead atoms. The summed E-state index contributed by atoms with van der Waals surface area (Å²) in [5, 5.41) is 10.1. The zero-order valence-corrected chi connectivity index (χ0v) is 12.8. The molecular formula is C17H19ClN2O. The van der Waals surface area contributed by atoms with E-state index >= 15 is 0 Å². The SMILES string of the molecule is Cc1ccc(-c2cc(Cl)nc(N3CCC(O)CC3)c2)cc1. The highest BCUT2D eigenvalue weighted by Crippen LogP contribution is 2.28. The number of rotatable bonds is 2. The summed E-state index contributed by atoms with van der Waals surface area (Å²) in [5.41, 5.74) is 3.46. The van der Waals surface area contributed by atoms with Crippen LogP contribution >= 0.6 is 11.6 Å². The molecule has 1 saturated heterocycles. The van der Waals surface area contributed by atoms with E-state index < -0.39 is 0 Å². The second-order valence-electron chi connectivity index (χ2n) is 5.62. The Morgan fingerprint density at radius 2 is 1.76 bits per heavy atom. The third-order valence-electron chi connectivity index (χ3n) is 3.95. The Bertz CT molecular complexity index is 619. The maximum absolute atomic E-state index is 9.61. The van der Waals surface area contributed by atoms with E-state index in [4.69, 9.17) is 11.6 Å². The first-order valence-electron chi connectivity index (χ1n) is 7.29. The quantitative estimate of drug-likeness (QED) is 0.860. The Balaban J connectivity index is 1.91. The van der Waals surface area contributed by atoms with Gasteiger partial charge in [0.15, 0.2) is 0 Å². The monoisotopic (exact) mass is 302 g/mol. The second-order valence-corrected chi connectivity index (χ2v) is 6.01. The van der Waals surface area contributed by atoms with Crippen molar-refractivity contribution >= 4 is 17.4 Å². The van der Waals surface area contributed by atoms with E-state index in [-0.39, 0.29) is 6.10 Å². The average Bonchev–Trinajstić information content (AvgIpc) is 2.48. The van der Waals surface area contributed by atoms with Crippen molar-refractivity contribution in [3.8, 4) is 11.1 Å². The van der Waals surface area contributed by atoms with E-state index in [2.05, 4.69) is 47.1 Å². The number of anilines is 1. The minimum Gasteiger partial charge on any atom is -0.393 e. The molecule has 0 atom stereocenters. The van der Waals surface area contributed by atoms with Crippen LogP contribution in [0.1, 0.15) is 18.4 Å². The predicted octanol–water partition coefficient (Wildman–Crippen LogP) is 3.67. The van der Waals surface area contributed by atoms with Gasteiger partial charge in [-0.1, -0.05) is 41.4 Å². The number of hydrogen-bond acceptors (Lipinski definition) is 3. The van der Waals surface area contributed by atoms with Crippen LogP contribution in [0.4, 0.5) is 5.82 Å². The average molecular weight is 303 g/mol. The minimum absolute atomic E-state index is 0.183. The van der Waals surface area contributed by atoms with Crippen molar-refractivity contribution in [1.82, 2.24) is 4.98 Å². The maximum atomic E-state index is 9.61. The van der Waals surface area contributed by atoms with Crippen LogP contribution in [-0.2, 0) is 0 Å². The molecule has 1 aromatic carbocycles. The van der Waals surface area contributed by atoms with Gasteiger partial charge in [0.1, 0.15) is 11.0 Å². The molecule has 1 aromatic heterocycles. The van der Waals surface area contributed by atoms with Gasteiger partial charge in [0.25, 0.3) is 0 Å². The molecule has 21 heavy (non-hydrogen) atoms. The van der Waals surface area contributed by atoms with Crippen LogP contribution in [0.5, 0.6) is 0 Å². The molecule has 2 heterocycles.